The van der Waals surface area contributed by atoms with E-state index in [-0.39, 0.29) is 18.0 Å². The Morgan fingerprint density at radius 3 is 2.53 bits per heavy atom. The molecule has 0 spiro atoms. The van der Waals surface area contributed by atoms with Crippen molar-refractivity contribution in [1.82, 2.24) is 15.3 Å². The van der Waals surface area contributed by atoms with Crippen LogP contribution in [-0.4, -0.2) is 34.2 Å². The van der Waals surface area contributed by atoms with Gasteiger partial charge in [0.05, 0.1) is 6.54 Å². The maximum absolute atomic E-state index is 11.7. The molecule has 1 heterocycles. The maximum atomic E-state index is 11.7. The molecule has 1 amide bonds. The third kappa shape index (κ3) is 5.75. The van der Waals surface area contributed by atoms with Crippen molar-refractivity contribution in [3.63, 3.8) is 0 Å². The van der Waals surface area contributed by atoms with Crippen LogP contribution in [0.5, 0.6) is 0 Å². The van der Waals surface area contributed by atoms with E-state index in [2.05, 4.69) is 26.0 Å². The smallest absolute Gasteiger partial charge is 0.239 e. The standard InChI is InChI=1S/C11H20N6OS/c1-11(2,3)16-9(18)6-13-7-5-8(17-12)15-10(14-7)19-4/h5H,6,12H2,1-4H3,(H,16,18)(H2,13,14,15,17). The van der Waals surface area contributed by atoms with Crippen LogP contribution in [0.1, 0.15) is 20.8 Å². The molecule has 1 aromatic heterocycles. The summed E-state index contributed by atoms with van der Waals surface area (Å²) in [5, 5.41) is 6.38. The van der Waals surface area contributed by atoms with Gasteiger partial charge in [-0.15, -0.1) is 0 Å². The lowest BCUT2D eigenvalue weighted by atomic mass is 10.1. The van der Waals surface area contributed by atoms with Crippen molar-refractivity contribution < 1.29 is 4.79 Å². The zero-order valence-corrected chi connectivity index (χ0v) is 12.4. The van der Waals surface area contributed by atoms with Crippen LogP contribution in [0.25, 0.3) is 0 Å². The van der Waals surface area contributed by atoms with Gasteiger partial charge >= 0.3 is 0 Å². The van der Waals surface area contributed by atoms with E-state index in [9.17, 15) is 4.79 Å². The number of nitrogens with zero attached hydrogens (tertiary/aromatic N) is 2. The molecule has 0 atom stereocenters. The van der Waals surface area contributed by atoms with E-state index >= 15 is 0 Å². The van der Waals surface area contributed by atoms with Gasteiger partial charge in [0.1, 0.15) is 11.6 Å². The number of hydrazine groups is 1. The number of aromatic nitrogens is 2. The molecule has 0 saturated heterocycles. The monoisotopic (exact) mass is 284 g/mol. The van der Waals surface area contributed by atoms with E-state index in [1.807, 2.05) is 27.0 Å². The zero-order valence-electron chi connectivity index (χ0n) is 11.6. The number of carbonyl (C=O) groups is 1. The number of amides is 1. The molecule has 7 nitrogen and oxygen atoms in total. The number of rotatable bonds is 5. The normalized spacial score (nSPS) is 11.0. The third-order valence-corrected chi connectivity index (χ3v) is 2.53. The van der Waals surface area contributed by atoms with Gasteiger partial charge in [-0.2, -0.15) is 0 Å². The van der Waals surface area contributed by atoms with Crippen LogP contribution in [0, 0.1) is 0 Å². The first-order chi connectivity index (χ1) is 8.84. The SMILES string of the molecule is CSc1nc(NN)cc(NCC(=O)NC(C)(C)C)n1. The Morgan fingerprint density at radius 1 is 1.37 bits per heavy atom. The van der Waals surface area contributed by atoms with E-state index in [1.54, 1.807) is 6.07 Å². The second-order valence-electron chi connectivity index (χ2n) is 4.92. The number of thioether (sulfide) groups is 1. The Hall–Kier alpha value is -1.54. The summed E-state index contributed by atoms with van der Waals surface area (Å²) in [4.78, 5) is 20.0. The fourth-order valence-electron chi connectivity index (χ4n) is 1.31. The molecule has 8 heteroatoms. The van der Waals surface area contributed by atoms with Gasteiger partial charge in [0.25, 0.3) is 0 Å². The largest absolute Gasteiger partial charge is 0.361 e. The highest BCUT2D eigenvalue weighted by Crippen LogP contribution is 2.16. The zero-order chi connectivity index (χ0) is 14.5. The van der Waals surface area contributed by atoms with Gasteiger partial charge in [-0.25, -0.2) is 15.8 Å². The van der Waals surface area contributed by atoms with E-state index < -0.39 is 0 Å². The first kappa shape index (κ1) is 15.5. The van der Waals surface area contributed by atoms with Crippen molar-refractivity contribution in [2.45, 2.75) is 31.5 Å². The van der Waals surface area contributed by atoms with Crippen LogP contribution >= 0.6 is 11.8 Å². The molecule has 0 aliphatic carbocycles. The lowest BCUT2D eigenvalue weighted by molar-refractivity contribution is -0.120. The highest BCUT2D eigenvalue weighted by Gasteiger charge is 2.13. The minimum absolute atomic E-state index is 0.0981. The van der Waals surface area contributed by atoms with Crippen LogP contribution in [0.2, 0.25) is 0 Å². The summed E-state index contributed by atoms with van der Waals surface area (Å²) in [5.74, 6) is 6.28. The number of nitrogen functional groups attached to an aromatic ring is 1. The molecule has 5 N–H and O–H groups in total. The molecule has 1 aromatic rings. The number of nitrogens with two attached hydrogens (primary N) is 1. The van der Waals surface area contributed by atoms with Gasteiger partial charge in [-0.05, 0) is 27.0 Å². The van der Waals surface area contributed by atoms with Gasteiger partial charge in [-0.1, -0.05) is 11.8 Å². The minimum Gasteiger partial charge on any atom is -0.361 e. The molecule has 106 valence electrons. The van der Waals surface area contributed by atoms with Crippen LogP contribution in [0.4, 0.5) is 11.6 Å². The first-order valence-corrected chi connectivity index (χ1v) is 7.01. The van der Waals surface area contributed by atoms with Crippen LogP contribution in [0.15, 0.2) is 11.2 Å². The first-order valence-electron chi connectivity index (χ1n) is 5.78. The van der Waals surface area contributed by atoms with E-state index in [1.165, 1.54) is 11.8 Å². The van der Waals surface area contributed by atoms with Crippen LogP contribution in [0.3, 0.4) is 0 Å². The lowest BCUT2D eigenvalue weighted by Crippen LogP contribution is -2.43. The quantitative estimate of drug-likeness (QED) is 0.274. The average molecular weight is 284 g/mol. The van der Waals surface area contributed by atoms with Crippen molar-refractivity contribution in [2.75, 3.05) is 23.5 Å². The predicted molar refractivity (Wildman–Crippen MR) is 78.0 cm³/mol. The van der Waals surface area contributed by atoms with Crippen molar-refractivity contribution >= 4 is 29.3 Å². The molecule has 0 aromatic carbocycles. The van der Waals surface area contributed by atoms with Gasteiger partial charge in [0, 0.05) is 11.6 Å². The Kier molecular flexibility index (Phi) is 5.37. The topological polar surface area (TPSA) is 105 Å². The fourth-order valence-corrected chi connectivity index (χ4v) is 1.69. The molecule has 1 rings (SSSR count). The Balaban J connectivity index is 2.64. The van der Waals surface area contributed by atoms with Gasteiger partial charge in [0.15, 0.2) is 5.16 Å². The molecule has 0 fully saturated rings. The third-order valence-electron chi connectivity index (χ3n) is 1.98. The molecule has 0 aliphatic heterocycles. The van der Waals surface area contributed by atoms with E-state index in [0.29, 0.717) is 16.8 Å². The molecule has 0 unspecified atom stereocenters. The second kappa shape index (κ2) is 6.58. The molecule has 0 bridgehead atoms. The van der Waals surface area contributed by atoms with Gasteiger partial charge in [-0.3, -0.25) is 4.79 Å². The van der Waals surface area contributed by atoms with Crippen molar-refractivity contribution in [2.24, 2.45) is 5.84 Å². The summed E-state index contributed by atoms with van der Waals surface area (Å²) in [6.07, 6.45) is 1.87. The molecule has 0 radical (unpaired) electrons. The minimum atomic E-state index is -0.251. The summed E-state index contributed by atoms with van der Waals surface area (Å²) in [5.41, 5.74) is 2.21. The highest BCUT2D eigenvalue weighted by molar-refractivity contribution is 7.98. The molecular formula is C11H20N6OS. The van der Waals surface area contributed by atoms with Crippen molar-refractivity contribution in [1.29, 1.82) is 0 Å². The number of hydrogen-bond donors (Lipinski definition) is 4. The number of hydrogen-bond acceptors (Lipinski definition) is 7. The number of anilines is 2. The Morgan fingerprint density at radius 2 is 2.00 bits per heavy atom. The molecule has 0 aliphatic rings. The van der Waals surface area contributed by atoms with Gasteiger partial charge in [0.2, 0.25) is 5.91 Å². The fraction of sp³-hybridized carbons (Fsp3) is 0.545. The molecule has 19 heavy (non-hydrogen) atoms. The highest BCUT2D eigenvalue weighted by atomic mass is 32.2. The second-order valence-corrected chi connectivity index (χ2v) is 5.69. The summed E-state index contributed by atoms with van der Waals surface area (Å²) in [7, 11) is 0. The van der Waals surface area contributed by atoms with Crippen LogP contribution in [-0.2, 0) is 4.79 Å². The van der Waals surface area contributed by atoms with Gasteiger partial charge < -0.3 is 16.1 Å². The summed E-state index contributed by atoms with van der Waals surface area (Å²) in [6.45, 7) is 5.93. The van der Waals surface area contributed by atoms with Crippen molar-refractivity contribution in [3.8, 4) is 0 Å². The van der Waals surface area contributed by atoms with Crippen LogP contribution < -0.4 is 21.9 Å². The maximum Gasteiger partial charge on any atom is 0.239 e. The average Bonchev–Trinajstić information content (AvgIpc) is 2.33. The Labute approximate surface area is 117 Å². The van der Waals surface area contributed by atoms with E-state index in [4.69, 9.17) is 5.84 Å². The summed E-state index contributed by atoms with van der Waals surface area (Å²) in [6, 6.07) is 1.64. The summed E-state index contributed by atoms with van der Waals surface area (Å²) >= 11 is 1.40. The summed E-state index contributed by atoms with van der Waals surface area (Å²) < 4.78 is 0. The molecule has 0 saturated carbocycles. The van der Waals surface area contributed by atoms with Crippen molar-refractivity contribution in [3.05, 3.63) is 6.07 Å². The number of carbonyl (C=O) groups excluding carboxylic acids is 1. The van der Waals surface area contributed by atoms with E-state index in [0.717, 1.165) is 0 Å². The lowest BCUT2D eigenvalue weighted by Gasteiger charge is -2.20. The Bertz CT molecular complexity index is 423. The molecular weight excluding hydrogens is 264 g/mol. The predicted octanol–water partition coefficient (Wildman–Crippen LogP) is 0.811. The number of nitrogens with one attached hydrogen (secondary N) is 3.